The summed E-state index contributed by atoms with van der Waals surface area (Å²) in [4.78, 5) is 0. The van der Waals surface area contributed by atoms with Gasteiger partial charge in [0.25, 0.3) is 0 Å². The molecular formula is C17H34. The van der Waals surface area contributed by atoms with Gasteiger partial charge in [-0.05, 0) is 37.0 Å². The summed E-state index contributed by atoms with van der Waals surface area (Å²) in [6, 6.07) is 6.48. The highest BCUT2D eigenvalue weighted by atomic mass is 14.0. The molecule has 0 aliphatic carbocycles. The fourth-order valence-corrected chi connectivity index (χ4v) is 1.19. The van der Waals surface area contributed by atoms with E-state index in [0.717, 1.165) is 6.42 Å². The molecule has 0 N–H and O–H groups in total. The molecule has 0 amide bonds. The van der Waals surface area contributed by atoms with Gasteiger partial charge in [-0.2, -0.15) is 0 Å². The second-order valence-corrected chi connectivity index (χ2v) is 3.42. The molecule has 0 fully saturated rings. The van der Waals surface area contributed by atoms with Gasteiger partial charge in [-0.1, -0.05) is 73.1 Å². The number of aryl methyl sites for hydroxylation is 2. The van der Waals surface area contributed by atoms with Crippen LogP contribution in [0.2, 0.25) is 0 Å². The minimum absolute atomic E-state index is 1.15. The van der Waals surface area contributed by atoms with Crippen LogP contribution in [0.5, 0.6) is 0 Å². The third-order valence-corrected chi connectivity index (χ3v) is 2.10. The molecule has 0 saturated heterocycles. The van der Waals surface area contributed by atoms with Gasteiger partial charge in [-0.25, -0.2) is 0 Å². The minimum Gasteiger partial charge on any atom is -0.0683 e. The van der Waals surface area contributed by atoms with Crippen LogP contribution >= 0.6 is 0 Å². The maximum atomic E-state index is 2.20. The molecule has 0 bridgehead atoms. The standard InChI is InChI=1S/C10H14.C3H8.2C2H6/c1-4-10-7-5-6-8(2)9(10)3;1-3-2;2*1-2/h5-7H,4H2,1-3H3;3H2,1-2H3;2*1-2H3. The summed E-state index contributed by atoms with van der Waals surface area (Å²) < 4.78 is 0. The van der Waals surface area contributed by atoms with Gasteiger partial charge >= 0.3 is 0 Å². The van der Waals surface area contributed by atoms with Crippen LogP contribution < -0.4 is 0 Å². The van der Waals surface area contributed by atoms with Gasteiger partial charge in [0.15, 0.2) is 0 Å². The fourth-order valence-electron chi connectivity index (χ4n) is 1.19. The van der Waals surface area contributed by atoms with Gasteiger partial charge in [0.1, 0.15) is 0 Å². The molecule has 0 heteroatoms. The van der Waals surface area contributed by atoms with Crippen molar-refractivity contribution in [2.75, 3.05) is 0 Å². The molecule has 0 aliphatic rings. The molecular weight excluding hydrogens is 204 g/mol. The van der Waals surface area contributed by atoms with E-state index in [1.54, 1.807) is 0 Å². The monoisotopic (exact) mass is 238 g/mol. The van der Waals surface area contributed by atoms with Gasteiger partial charge in [0.2, 0.25) is 0 Å². The Kier molecular flexibility index (Phi) is 22.3. The van der Waals surface area contributed by atoms with Crippen molar-refractivity contribution in [3.8, 4) is 0 Å². The van der Waals surface area contributed by atoms with Gasteiger partial charge < -0.3 is 0 Å². The van der Waals surface area contributed by atoms with Crippen LogP contribution in [0.3, 0.4) is 0 Å². The van der Waals surface area contributed by atoms with Crippen LogP contribution in [0, 0.1) is 13.8 Å². The highest BCUT2D eigenvalue weighted by molar-refractivity contribution is 5.32. The van der Waals surface area contributed by atoms with Gasteiger partial charge in [0, 0.05) is 0 Å². The Morgan fingerprint density at radius 1 is 0.824 bits per heavy atom. The summed E-state index contributed by atoms with van der Waals surface area (Å²) in [7, 11) is 0. The van der Waals surface area contributed by atoms with E-state index in [1.165, 1.54) is 23.1 Å². The van der Waals surface area contributed by atoms with Crippen molar-refractivity contribution in [1.29, 1.82) is 0 Å². The largest absolute Gasteiger partial charge is 0.0683 e. The van der Waals surface area contributed by atoms with Crippen molar-refractivity contribution in [2.24, 2.45) is 0 Å². The number of benzene rings is 1. The molecule has 0 aliphatic heterocycles. The Balaban J connectivity index is -0.000000239. The van der Waals surface area contributed by atoms with E-state index < -0.39 is 0 Å². The van der Waals surface area contributed by atoms with Gasteiger partial charge in [-0.3, -0.25) is 0 Å². The highest BCUT2D eigenvalue weighted by Crippen LogP contribution is 2.12. The lowest BCUT2D eigenvalue weighted by atomic mass is 10.0. The minimum atomic E-state index is 1.15. The number of hydrogen-bond acceptors (Lipinski definition) is 0. The van der Waals surface area contributed by atoms with E-state index >= 15 is 0 Å². The highest BCUT2D eigenvalue weighted by Gasteiger charge is 1.95. The third kappa shape index (κ3) is 11.5. The van der Waals surface area contributed by atoms with Crippen LogP contribution in [-0.2, 0) is 6.42 Å². The van der Waals surface area contributed by atoms with Crippen LogP contribution in [0.1, 0.15) is 71.6 Å². The maximum Gasteiger partial charge on any atom is -0.0305 e. The normalized spacial score (nSPS) is 7.59. The van der Waals surface area contributed by atoms with Crippen LogP contribution in [0.25, 0.3) is 0 Å². The molecule has 1 aromatic rings. The zero-order valence-electron chi connectivity index (χ0n) is 13.6. The Morgan fingerprint density at radius 2 is 1.24 bits per heavy atom. The first-order valence-corrected chi connectivity index (χ1v) is 7.22. The average Bonchev–Trinajstić information content (AvgIpc) is 2.38. The lowest BCUT2D eigenvalue weighted by Gasteiger charge is -2.04. The Morgan fingerprint density at radius 3 is 1.53 bits per heavy atom. The first-order valence-electron chi connectivity index (χ1n) is 7.22. The van der Waals surface area contributed by atoms with E-state index in [2.05, 4.69) is 52.8 Å². The third-order valence-electron chi connectivity index (χ3n) is 2.10. The number of hydrogen-bond donors (Lipinski definition) is 0. The molecule has 0 spiro atoms. The summed E-state index contributed by atoms with van der Waals surface area (Å²) in [5.74, 6) is 0. The summed E-state index contributed by atoms with van der Waals surface area (Å²) in [5, 5.41) is 0. The molecule has 0 nitrogen and oxygen atoms in total. The lowest BCUT2D eigenvalue weighted by Crippen LogP contribution is -1.88. The Bertz CT molecular complexity index is 236. The molecule has 0 aromatic heterocycles. The SMILES string of the molecule is CC.CC.CCC.CCc1cccc(C)c1C. The van der Waals surface area contributed by atoms with Crippen LogP contribution in [0.4, 0.5) is 0 Å². The van der Waals surface area contributed by atoms with E-state index in [4.69, 9.17) is 0 Å². The molecule has 0 saturated carbocycles. The van der Waals surface area contributed by atoms with E-state index in [1.807, 2.05) is 27.7 Å². The Labute approximate surface area is 110 Å². The average molecular weight is 238 g/mol. The smallest absolute Gasteiger partial charge is 0.0305 e. The molecule has 1 aromatic carbocycles. The predicted octanol–water partition coefficient (Wildman–Crippen LogP) is 6.33. The summed E-state index contributed by atoms with van der Waals surface area (Å²) in [5.41, 5.74) is 4.32. The molecule has 1 rings (SSSR count). The summed E-state index contributed by atoms with van der Waals surface area (Å²) >= 11 is 0. The molecule has 0 heterocycles. The van der Waals surface area contributed by atoms with Crippen molar-refractivity contribution < 1.29 is 0 Å². The quantitative estimate of drug-likeness (QED) is 0.536. The molecule has 0 radical (unpaired) electrons. The van der Waals surface area contributed by atoms with Crippen molar-refractivity contribution >= 4 is 0 Å². The van der Waals surface area contributed by atoms with Crippen molar-refractivity contribution in [1.82, 2.24) is 0 Å². The predicted molar refractivity (Wildman–Crippen MR) is 84.0 cm³/mol. The molecule has 0 unspecified atom stereocenters. The van der Waals surface area contributed by atoms with Crippen LogP contribution in [-0.4, -0.2) is 0 Å². The zero-order chi connectivity index (χ0) is 14.3. The topological polar surface area (TPSA) is 0 Å². The van der Waals surface area contributed by atoms with E-state index in [0.29, 0.717) is 0 Å². The van der Waals surface area contributed by atoms with Crippen molar-refractivity contribution in [3.05, 3.63) is 34.9 Å². The molecule has 102 valence electrons. The Hall–Kier alpha value is -0.780. The fraction of sp³-hybridized carbons (Fsp3) is 0.647. The summed E-state index contributed by atoms with van der Waals surface area (Å²) in [6.07, 6.45) is 2.40. The summed E-state index contributed by atoms with van der Waals surface area (Å²) in [6.45, 7) is 18.8. The zero-order valence-corrected chi connectivity index (χ0v) is 13.6. The van der Waals surface area contributed by atoms with E-state index in [9.17, 15) is 0 Å². The first-order chi connectivity index (χ1) is 8.17. The lowest BCUT2D eigenvalue weighted by molar-refractivity contribution is 1.09. The van der Waals surface area contributed by atoms with Gasteiger partial charge in [0.05, 0.1) is 0 Å². The second kappa shape index (κ2) is 17.6. The van der Waals surface area contributed by atoms with Crippen molar-refractivity contribution in [3.63, 3.8) is 0 Å². The van der Waals surface area contributed by atoms with E-state index in [-0.39, 0.29) is 0 Å². The molecule has 17 heavy (non-hydrogen) atoms. The first kappa shape index (κ1) is 21.5. The maximum absolute atomic E-state index is 2.20. The van der Waals surface area contributed by atoms with Crippen LogP contribution in [0.15, 0.2) is 18.2 Å². The van der Waals surface area contributed by atoms with Crippen molar-refractivity contribution in [2.45, 2.75) is 75.2 Å². The number of rotatable bonds is 1. The molecule has 0 atom stereocenters. The second-order valence-electron chi connectivity index (χ2n) is 3.42. The van der Waals surface area contributed by atoms with Gasteiger partial charge in [-0.15, -0.1) is 0 Å².